The Morgan fingerprint density at radius 2 is 1.96 bits per heavy atom. The first-order valence-electron chi connectivity index (χ1n) is 8.21. The summed E-state index contributed by atoms with van der Waals surface area (Å²) >= 11 is 5.91. The van der Waals surface area contributed by atoms with Crippen molar-refractivity contribution in [3.63, 3.8) is 0 Å². The van der Waals surface area contributed by atoms with Crippen LogP contribution in [-0.4, -0.2) is 49.3 Å². The number of rotatable bonds is 4. The number of carbonyl (C=O) groups excluding carboxylic acids is 1. The van der Waals surface area contributed by atoms with Gasteiger partial charge < -0.3 is 19.6 Å². The smallest absolute Gasteiger partial charge is 0.253 e. The van der Waals surface area contributed by atoms with E-state index in [1.54, 1.807) is 18.0 Å². The second-order valence-corrected chi connectivity index (χ2v) is 6.46. The number of amides is 1. The van der Waals surface area contributed by atoms with E-state index in [0.29, 0.717) is 12.1 Å². The lowest BCUT2D eigenvalue weighted by molar-refractivity contribution is 0.0785. The summed E-state index contributed by atoms with van der Waals surface area (Å²) < 4.78 is 5.42. The van der Waals surface area contributed by atoms with Crippen molar-refractivity contribution in [1.82, 2.24) is 4.90 Å². The average molecular weight is 361 g/mol. The van der Waals surface area contributed by atoms with Crippen molar-refractivity contribution in [2.75, 3.05) is 38.3 Å². The molecule has 0 radical (unpaired) electrons. The quantitative estimate of drug-likeness (QED) is 0.910. The molecule has 1 N–H and O–H groups in total. The highest BCUT2D eigenvalue weighted by molar-refractivity contribution is 6.32. The first-order valence-corrected chi connectivity index (χ1v) is 8.58. The minimum Gasteiger partial charge on any atom is -0.506 e. The zero-order valence-corrected chi connectivity index (χ0v) is 14.9. The lowest BCUT2D eigenvalue weighted by atomic mass is 10.1. The summed E-state index contributed by atoms with van der Waals surface area (Å²) in [6.45, 7) is 3.62. The Balaban J connectivity index is 1.77. The number of benzene rings is 2. The lowest BCUT2D eigenvalue weighted by Gasteiger charge is -2.31. The molecule has 1 aliphatic rings. The van der Waals surface area contributed by atoms with E-state index in [2.05, 4.69) is 11.0 Å². The summed E-state index contributed by atoms with van der Waals surface area (Å²) in [6.07, 6.45) is 0. The number of halogens is 1. The predicted molar refractivity (Wildman–Crippen MR) is 98.4 cm³/mol. The van der Waals surface area contributed by atoms with Crippen molar-refractivity contribution in [2.24, 2.45) is 0 Å². The molecule has 1 amide bonds. The Morgan fingerprint density at radius 3 is 2.68 bits per heavy atom. The molecule has 6 heteroatoms. The minimum atomic E-state index is -0.140. The lowest BCUT2D eigenvalue weighted by Crippen LogP contribution is -2.37. The standard InChI is InChI=1S/C19H21ClN2O3/c1-21(19(24)14-6-7-18(23)16(20)12-14)13-15-4-2-3-5-17(15)22-8-10-25-11-9-22/h2-7,12,23H,8-11,13H2,1H3. The third-order valence-corrected chi connectivity index (χ3v) is 4.59. The van der Waals surface area contributed by atoms with Gasteiger partial charge in [0.05, 0.1) is 18.2 Å². The number of carbonyl (C=O) groups is 1. The number of para-hydroxylation sites is 1. The summed E-state index contributed by atoms with van der Waals surface area (Å²) in [5.74, 6) is -0.169. The van der Waals surface area contributed by atoms with Gasteiger partial charge in [-0.2, -0.15) is 0 Å². The van der Waals surface area contributed by atoms with Crippen LogP contribution in [0.1, 0.15) is 15.9 Å². The number of phenols is 1. The van der Waals surface area contributed by atoms with Crippen LogP contribution in [0.3, 0.4) is 0 Å². The molecule has 2 aromatic carbocycles. The predicted octanol–water partition coefficient (Wildman–Crippen LogP) is 3.15. The summed E-state index contributed by atoms with van der Waals surface area (Å²) in [7, 11) is 1.76. The SMILES string of the molecule is CN(Cc1ccccc1N1CCOCC1)C(=O)c1ccc(O)c(Cl)c1. The number of aromatic hydroxyl groups is 1. The molecule has 5 nitrogen and oxygen atoms in total. The van der Waals surface area contributed by atoms with E-state index in [1.807, 2.05) is 18.2 Å². The maximum atomic E-state index is 12.7. The van der Waals surface area contributed by atoms with Gasteiger partial charge >= 0.3 is 0 Å². The van der Waals surface area contributed by atoms with E-state index >= 15 is 0 Å². The third-order valence-electron chi connectivity index (χ3n) is 4.29. The molecule has 132 valence electrons. The Labute approximate surface area is 152 Å². The van der Waals surface area contributed by atoms with Gasteiger partial charge in [-0.05, 0) is 29.8 Å². The van der Waals surface area contributed by atoms with Crippen molar-refractivity contribution in [3.05, 3.63) is 58.6 Å². The number of phenolic OH excluding ortho intramolecular Hbond substituents is 1. The monoisotopic (exact) mass is 360 g/mol. The van der Waals surface area contributed by atoms with Gasteiger partial charge in [0.1, 0.15) is 5.75 Å². The molecule has 0 aromatic heterocycles. The van der Waals surface area contributed by atoms with E-state index in [-0.39, 0.29) is 16.7 Å². The van der Waals surface area contributed by atoms with Crippen LogP contribution >= 0.6 is 11.6 Å². The van der Waals surface area contributed by atoms with E-state index < -0.39 is 0 Å². The third kappa shape index (κ3) is 4.06. The molecule has 3 rings (SSSR count). The zero-order chi connectivity index (χ0) is 17.8. The molecule has 1 saturated heterocycles. The van der Waals surface area contributed by atoms with Gasteiger partial charge in [0, 0.05) is 37.9 Å². The van der Waals surface area contributed by atoms with Gasteiger partial charge in [0.2, 0.25) is 0 Å². The van der Waals surface area contributed by atoms with E-state index in [1.165, 1.54) is 12.1 Å². The molecule has 25 heavy (non-hydrogen) atoms. The molecule has 1 heterocycles. The summed E-state index contributed by atoms with van der Waals surface area (Å²) in [5.41, 5.74) is 2.67. The fourth-order valence-electron chi connectivity index (χ4n) is 2.94. The number of morpholine rings is 1. The van der Waals surface area contributed by atoms with E-state index in [4.69, 9.17) is 16.3 Å². The first kappa shape index (κ1) is 17.6. The largest absolute Gasteiger partial charge is 0.506 e. The number of ether oxygens (including phenoxy) is 1. The van der Waals surface area contributed by atoms with Crippen molar-refractivity contribution in [1.29, 1.82) is 0 Å². The highest BCUT2D eigenvalue weighted by Crippen LogP contribution is 2.26. The van der Waals surface area contributed by atoms with Crippen LogP contribution in [0.5, 0.6) is 5.75 Å². The molecule has 1 aliphatic heterocycles. The molecule has 0 saturated carbocycles. The van der Waals surface area contributed by atoms with Crippen molar-refractivity contribution < 1.29 is 14.6 Å². The van der Waals surface area contributed by atoms with Gasteiger partial charge in [-0.3, -0.25) is 4.79 Å². The number of anilines is 1. The highest BCUT2D eigenvalue weighted by atomic mass is 35.5. The van der Waals surface area contributed by atoms with E-state index in [0.717, 1.165) is 37.6 Å². The van der Waals surface area contributed by atoms with Crippen LogP contribution in [-0.2, 0) is 11.3 Å². The maximum absolute atomic E-state index is 12.7. The number of hydrogen-bond donors (Lipinski definition) is 1. The Morgan fingerprint density at radius 1 is 1.24 bits per heavy atom. The maximum Gasteiger partial charge on any atom is 0.253 e. The second kappa shape index (κ2) is 7.76. The zero-order valence-electron chi connectivity index (χ0n) is 14.1. The number of hydrogen-bond acceptors (Lipinski definition) is 4. The van der Waals surface area contributed by atoms with Crippen molar-refractivity contribution >= 4 is 23.2 Å². The molecular formula is C19H21ClN2O3. The summed E-state index contributed by atoms with van der Waals surface area (Å²) in [6, 6.07) is 12.6. The van der Waals surface area contributed by atoms with Crippen LogP contribution in [0.4, 0.5) is 5.69 Å². The van der Waals surface area contributed by atoms with Crippen molar-refractivity contribution in [3.8, 4) is 5.75 Å². The van der Waals surface area contributed by atoms with Gasteiger partial charge in [-0.1, -0.05) is 29.8 Å². The molecule has 0 bridgehead atoms. The molecular weight excluding hydrogens is 340 g/mol. The molecule has 1 fully saturated rings. The molecule has 2 aromatic rings. The van der Waals surface area contributed by atoms with Crippen molar-refractivity contribution in [2.45, 2.75) is 6.54 Å². The Hall–Kier alpha value is -2.24. The second-order valence-electron chi connectivity index (χ2n) is 6.06. The van der Waals surface area contributed by atoms with Gasteiger partial charge in [0.15, 0.2) is 0 Å². The normalized spacial score (nSPS) is 14.4. The summed E-state index contributed by atoms with van der Waals surface area (Å²) in [5, 5.41) is 9.68. The van der Waals surface area contributed by atoms with E-state index in [9.17, 15) is 9.90 Å². The fraction of sp³-hybridized carbons (Fsp3) is 0.316. The molecule has 0 aliphatic carbocycles. The molecule has 0 unspecified atom stereocenters. The Bertz CT molecular complexity index is 760. The molecule has 0 spiro atoms. The topological polar surface area (TPSA) is 53.0 Å². The van der Waals surface area contributed by atoms with Gasteiger partial charge in [-0.15, -0.1) is 0 Å². The molecule has 0 atom stereocenters. The number of nitrogens with zero attached hydrogens (tertiary/aromatic N) is 2. The van der Waals surface area contributed by atoms with Crippen LogP contribution in [0.15, 0.2) is 42.5 Å². The summed E-state index contributed by atoms with van der Waals surface area (Å²) in [4.78, 5) is 16.6. The Kier molecular flexibility index (Phi) is 5.46. The first-order chi connectivity index (χ1) is 12.1. The minimum absolute atomic E-state index is 0.0291. The highest BCUT2D eigenvalue weighted by Gasteiger charge is 2.18. The van der Waals surface area contributed by atoms with Crippen LogP contribution < -0.4 is 4.90 Å². The van der Waals surface area contributed by atoms with Crippen LogP contribution in [0, 0.1) is 0 Å². The van der Waals surface area contributed by atoms with Crippen LogP contribution in [0.2, 0.25) is 5.02 Å². The van der Waals surface area contributed by atoms with Gasteiger partial charge in [-0.25, -0.2) is 0 Å². The van der Waals surface area contributed by atoms with Crippen LogP contribution in [0.25, 0.3) is 0 Å². The van der Waals surface area contributed by atoms with Gasteiger partial charge in [0.25, 0.3) is 5.91 Å². The fourth-order valence-corrected chi connectivity index (χ4v) is 3.13. The average Bonchev–Trinajstić information content (AvgIpc) is 2.64.